The normalized spacial score (nSPS) is 11.9. The first-order valence-corrected chi connectivity index (χ1v) is 8.31. The van der Waals surface area contributed by atoms with Crippen LogP contribution in [0.2, 0.25) is 5.02 Å². The molecule has 0 radical (unpaired) electrons. The van der Waals surface area contributed by atoms with Gasteiger partial charge in [-0.25, -0.2) is 0 Å². The Morgan fingerprint density at radius 1 is 0.833 bits per heavy atom. The molecule has 0 amide bonds. The second kappa shape index (κ2) is 8.00. The lowest BCUT2D eigenvalue weighted by molar-refractivity contribution is 0.414. The minimum atomic E-state index is 0.116. The second-order valence-electron chi connectivity index (χ2n) is 5.62. The highest BCUT2D eigenvalue weighted by atomic mass is 35.5. The fourth-order valence-electron chi connectivity index (χ4n) is 2.69. The van der Waals surface area contributed by atoms with Crippen LogP contribution in [-0.2, 0) is 6.54 Å². The van der Waals surface area contributed by atoms with Crippen molar-refractivity contribution < 1.29 is 4.74 Å². The number of nitrogens with one attached hydrogen (secondary N) is 1. The molecule has 0 aliphatic carbocycles. The van der Waals surface area contributed by atoms with Crippen LogP contribution in [0.5, 0.6) is 5.75 Å². The molecule has 0 aliphatic heterocycles. The molecule has 0 bridgehead atoms. The van der Waals surface area contributed by atoms with E-state index in [-0.39, 0.29) is 6.04 Å². The predicted molar refractivity (Wildman–Crippen MR) is 99.6 cm³/mol. The number of methoxy groups -OCH3 is 1. The summed E-state index contributed by atoms with van der Waals surface area (Å²) in [4.78, 5) is 0. The highest BCUT2D eigenvalue weighted by Gasteiger charge is 2.13. The van der Waals surface area contributed by atoms with Gasteiger partial charge in [0.2, 0.25) is 0 Å². The van der Waals surface area contributed by atoms with Crippen LogP contribution in [-0.4, -0.2) is 7.11 Å². The number of benzene rings is 3. The van der Waals surface area contributed by atoms with Crippen LogP contribution in [0.15, 0.2) is 78.9 Å². The maximum absolute atomic E-state index is 6.03. The Labute approximate surface area is 148 Å². The van der Waals surface area contributed by atoms with Crippen LogP contribution in [0.1, 0.15) is 22.7 Å². The minimum Gasteiger partial charge on any atom is -0.497 e. The number of hydrogen-bond acceptors (Lipinski definition) is 2. The molecule has 0 saturated heterocycles. The molecule has 2 nitrogen and oxygen atoms in total. The maximum Gasteiger partial charge on any atom is 0.118 e. The van der Waals surface area contributed by atoms with Crippen molar-refractivity contribution in [1.82, 2.24) is 5.32 Å². The standard InChI is InChI=1S/C21H20ClNO/c1-24-20-13-7-16(8-14-20)15-23-21(17-5-3-2-4-6-17)18-9-11-19(22)12-10-18/h2-14,21,23H,15H2,1H3/t21-/m1/s1. The fourth-order valence-corrected chi connectivity index (χ4v) is 2.82. The van der Waals surface area contributed by atoms with Gasteiger partial charge in [0.25, 0.3) is 0 Å². The molecular formula is C21H20ClNO. The maximum atomic E-state index is 6.03. The van der Waals surface area contributed by atoms with E-state index >= 15 is 0 Å². The molecule has 0 aromatic heterocycles. The van der Waals surface area contributed by atoms with Gasteiger partial charge in [-0.2, -0.15) is 0 Å². The van der Waals surface area contributed by atoms with Gasteiger partial charge < -0.3 is 10.1 Å². The predicted octanol–water partition coefficient (Wildman–Crippen LogP) is 5.23. The van der Waals surface area contributed by atoms with E-state index < -0.39 is 0 Å². The monoisotopic (exact) mass is 337 g/mol. The van der Waals surface area contributed by atoms with Gasteiger partial charge in [0.1, 0.15) is 5.75 Å². The molecule has 3 aromatic rings. The first kappa shape index (κ1) is 16.6. The van der Waals surface area contributed by atoms with Crippen molar-refractivity contribution >= 4 is 11.6 Å². The Balaban J connectivity index is 1.80. The topological polar surface area (TPSA) is 21.3 Å². The average Bonchev–Trinajstić information content (AvgIpc) is 2.65. The zero-order valence-electron chi connectivity index (χ0n) is 13.6. The zero-order valence-corrected chi connectivity index (χ0v) is 14.3. The SMILES string of the molecule is COc1ccc(CN[C@H](c2ccccc2)c2ccc(Cl)cc2)cc1. The third-order valence-electron chi connectivity index (χ3n) is 4.01. The number of halogens is 1. The third kappa shape index (κ3) is 4.16. The quantitative estimate of drug-likeness (QED) is 0.665. The summed E-state index contributed by atoms with van der Waals surface area (Å²) in [6.45, 7) is 0.770. The molecule has 0 saturated carbocycles. The summed E-state index contributed by atoms with van der Waals surface area (Å²) < 4.78 is 5.21. The van der Waals surface area contributed by atoms with E-state index in [0.717, 1.165) is 17.3 Å². The molecule has 0 heterocycles. The summed E-state index contributed by atoms with van der Waals surface area (Å²) in [6.07, 6.45) is 0. The molecule has 1 N–H and O–H groups in total. The summed E-state index contributed by atoms with van der Waals surface area (Å²) in [5.74, 6) is 0.871. The highest BCUT2D eigenvalue weighted by Crippen LogP contribution is 2.24. The first-order chi connectivity index (χ1) is 11.8. The molecular weight excluding hydrogens is 318 g/mol. The van der Waals surface area contributed by atoms with Gasteiger partial charge in [0, 0.05) is 11.6 Å². The van der Waals surface area contributed by atoms with E-state index in [1.165, 1.54) is 16.7 Å². The lowest BCUT2D eigenvalue weighted by atomic mass is 9.98. The number of hydrogen-bond donors (Lipinski definition) is 1. The second-order valence-corrected chi connectivity index (χ2v) is 6.06. The molecule has 0 fully saturated rings. The molecule has 3 heteroatoms. The van der Waals surface area contributed by atoms with E-state index in [0.29, 0.717) is 0 Å². The Hall–Kier alpha value is -2.29. The van der Waals surface area contributed by atoms with Crippen molar-refractivity contribution in [2.45, 2.75) is 12.6 Å². The van der Waals surface area contributed by atoms with Gasteiger partial charge >= 0.3 is 0 Å². The van der Waals surface area contributed by atoms with Crippen LogP contribution in [0.3, 0.4) is 0 Å². The van der Waals surface area contributed by atoms with Crippen molar-refractivity contribution in [2.75, 3.05) is 7.11 Å². The largest absolute Gasteiger partial charge is 0.497 e. The molecule has 0 aliphatic rings. The van der Waals surface area contributed by atoms with Gasteiger partial charge in [-0.15, -0.1) is 0 Å². The Bertz CT molecular complexity index is 754. The van der Waals surface area contributed by atoms with Crippen molar-refractivity contribution in [1.29, 1.82) is 0 Å². The summed E-state index contributed by atoms with van der Waals surface area (Å²) in [5.41, 5.74) is 3.64. The van der Waals surface area contributed by atoms with E-state index in [4.69, 9.17) is 16.3 Å². The van der Waals surface area contributed by atoms with E-state index in [1.807, 2.05) is 30.3 Å². The van der Waals surface area contributed by atoms with Crippen LogP contribution >= 0.6 is 11.6 Å². The molecule has 0 unspecified atom stereocenters. The van der Waals surface area contributed by atoms with Gasteiger partial charge in [-0.05, 0) is 41.0 Å². The van der Waals surface area contributed by atoms with E-state index in [1.54, 1.807) is 7.11 Å². The molecule has 3 rings (SSSR count). The Morgan fingerprint density at radius 3 is 2.08 bits per heavy atom. The lowest BCUT2D eigenvalue weighted by Crippen LogP contribution is -2.22. The van der Waals surface area contributed by atoms with Gasteiger partial charge in [-0.1, -0.05) is 66.2 Å². The first-order valence-electron chi connectivity index (χ1n) is 7.93. The van der Waals surface area contributed by atoms with E-state index in [2.05, 4.69) is 53.8 Å². The molecule has 122 valence electrons. The number of ether oxygens (including phenoxy) is 1. The summed E-state index contributed by atoms with van der Waals surface area (Å²) in [6, 6.07) is 26.7. The fraction of sp³-hybridized carbons (Fsp3) is 0.143. The minimum absolute atomic E-state index is 0.116. The molecule has 0 spiro atoms. The van der Waals surface area contributed by atoms with Gasteiger partial charge in [-0.3, -0.25) is 0 Å². The van der Waals surface area contributed by atoms with Crippen LogP contribution in [0, 0.1) is 0 Å². The zero-order chi connectivity index (χ0) is 16.8. The van der Waals surface area contributed by atoms with Crippen molar-refractivity contribution in [3.63, 3.8) is 0 Å². The highest BCUT2D eigenvalue weighted by molar-refractivity contribution is 6.30. The van der Waals surface area contributed by atoms with Crippen LogP contribution in [0.25, 0.3) is 0 Å². The summed E-state index contributed by atoms with van der Waals surface area (Å²) in [7, 11) is 1.68. The third-order valence-corrected chi connectivity index (χ3v) is 4.26. The van der Waals surface area contributed by atoms with Crippen LogP contribution in [0.4, 0.5) is 0 Å². The molecule has 24 heavy (non-hydrogen) atoms. The van der Waals surface area contributed by atoms with Gasteiger partial charge in [0.15, 0.2) is 0 Å². The van der Waals surface area contributed by atoms with Crippen molar-refractivity contribution in [3.05, 3.63) is 101 Å². The molecule has 3 aromatic carbocycles. The lowest BCUT2D eigenvalue weighted by Gasteiger charge is -2.20. The average molecular weight is 338 g/mol. The van der Waals surface area contributed by atoms with Crippen molar-refractivity contribution in [2.24, 2.45) is 0 Å². The smallest absolute Gasteiger partial charge is 0.118 e. The Kier molecular flexibility index (Phi) is 5.52. The number of rotatable bonds is 6. The van der Waals surface area contributed by atoms with Gasteiger partial charge in [0.05, 0.1) is 13.2 Å². The molecule has 1 atom stereocenters. The summed E-state index contributed by atoms with van der Waals surface area (Å²) >= 11 is 6.03. The summed E-state index contributed by atoms with van der Waals surface area (Å²) in [5, 5.41) is 4.39. The van der Waals surface area contributed by atoms with Crippen molar-refractivity contribution in [3.8, 4) is 5.75 Å². The van der Waals surface area contributed by atoms with Crippen LogP contribution < -0.4 is 10.1 Å². The van der Waals surface area contributed by atoms with E-state index in [9.17, 15) is 0 Å². The Morgan fingerprint density at radius 2 is 1.46 bits per heavy atom.